The van der Waals surface area contributed by atoms with E-state index in [0.29, 0.717) is 0 Å². The molecule has 0 radical (unpaired) electrons. The van der Waals surface area contributed by atoms with E-state index >= 15 is 0 Å². The van der Waals surface area contributed by atoms with Crippen LogP contribution in [0.25, 0.3) is 0 Å². The van der Waals surface area contributed by atoms with Crippen molar-refractivity contribution in [1.82, 2.24) is 9.55 Å². The van der Waals surface area contributed by atoms with Crippen LogP contribution in [0.15, 0.2) is 36.8 Å². The first kappa shape index (κ1) is 9.90. The van der Waals surface area contributed by atoms with Crippen LogP contribution in [0.1, 0.15) is 18.2 Å². The fourth-order valence-corrected chi connectivity index (χ4v) is 1.57. The van der Waals surface area contributed by atoms with Gasteiger partial charge in [0.2, 0.25) is 0 Å². The highest BCUT2D eigenvalue weighted by atomic mass is 19.1. The van der Waals surface area contributed by atoms with E-state index in [-0.39, 0.29) is 5.82 Å². The molecule has 1 heterocycles. The molecule has 1 aromatic carbocycles. The lowest BCUT2D eigenvalue weighted by atomic mass is 10.2. The minimum Gasteiger partial charge on any atom is -0.330 e. The second-order valence-corrected chi connectivity index (χ2v) is 3.49. The Labute approximate surface area is 88.4 Å². The zero-order valence-corrected chi connectivity index (χ0v) is 8.65. The van der Waals surface area contributed by atoms with Gasteiger partial charge in [-0.1, -0.05) is 19.1 Å². The first-order chi connectivity index (χ1) is 7.29. The molecule has 1 aromatic heterocycles. The number of nitrogens with zero attached hydrogens (tertiary/aromatic N) is 2. The van der Waals surface area contributed by atoms with Gasteiger partial charge in [-0.15, -0.1) is 0 Å². The summed E-state index contributed by atoms with van der Waals surface area (Å²) in [5.74, 6) is -0.194. The third-order valence-corrected chi connectivity index (χ3v) is 2.43. The van der Waals surface area contributed by atoms with Crippen LogP contribution in [0.4, 0.5) is 4.39 Å². The van der Waals surface area contributed by atoms with Crippen LogP contribution >= 0.6 is 0 Å². The highest BCUT2D eigenvalue weighted by molar-refractivity contribution is 5.17. The van der Waals surface area contributed by atoms with Gasteiger partial charge in [-0.3, -0.25) is 0 Å². The van der Waals surface area contributed by atoms with Crippen LogP contribution in [0.3, 0.4) is 0 Å². The Bertz CT molecular complexity index is 431. The summed E-state index contributed by atoms with van der Waals surface area (Å²) < 4.78 is 14.8. The maximum absolute atomic E-state index is 12.7. The molecule has 0 aliphatic rings. The molecule has 15 heavy (non-hydrogen) atoms. The van der Waals surface area contributed by atoms with Gasteiger partial charge in [0.25, 0.3) is 0 Å². The molecule has 0 unspecified atom stereocenters. The average Bonchev–Trinajstić information content (AvgIpc) is 2.69. The Kier molecular flexibility index (Phi) is 2.81. The maximum atomic E-state index is 12.7. The molecule has 2 aromatic rings. The minimum absolute atomic E-state index is 0.194. The molecule has 0 saturated heterocycles. The zero-order valence-electron chi connectivity index (χ0n) is 8.65. The fraction of sp³-hybridized carbons (Fsp3) is 0.250. The van der Waals surface area contributed by atoms with E-state index in [4.69, 9.17) is 0 Å². The first-order valence-electron chi connectivity index (χ1n) is 5.03. The minimum atomic E-state index is -0.194. The Balaban J connectivity index is 2.18. The summed E-state index contributed by atoms with van der Waals surface area (Å²) >= 11 is 0. The van der Waals surface area contributed by atoms with Crippen molar-refractivity contribution in [3.05, 3.63) is 53.9 Å². The van der Waals surface area contributed by atoms with E-state index in [0.717, 1.165) is 18.5 Å². The van der Waals surface area contributed by atoms with E-state index in [1.165, 1.54) is 17.8 Å². The van der Waals surface area contributed by atoms with Crippen LogP contribution in [0.5, 0.6) is 0 Å². The van der Waals surface area contributed by atoms with Gasteiger partial charge in [-0.25, -0.2) is 9.37 Å². The van der Waals surface area contributed by atoms with Gasteiger partial charge in [0.1, 0.15) is 5.82 Å². The smallest absolute Gasteiger partial charge is 0.123 e. The number of imidazole rings is 1. The lowest BCUT2D eigenvalue weighted by Gasteiger charge is -2.06. The van der Waals surface area contributed by atoms with Gasteiger partial charge in [0.05, 0.1) is 6.33 Å². The van der Waals surface area contributed by atoms with Crippen molar-refractivity contribution in [3.8, 4) is 0 Å². The van der Waals surface area contributed by atoms with Crippen LogP contribution < -0.4 is 0 Å². The normalized spacial score (nSPS) is 10.5. The van der Waals surface area contributed by atoms with E-state index in [9.17, 15) is 4.39 Å². The standard InChI is InChI=1S/C12H13FN2/c1-2-12-7-14-9-15(12)8-10-3-5-11(13)6-4-10/h3-7,9H,2,8H2,1H3. The monoisotopic (exact) mass is 204 g/mol. The quantitative estimate of drug-likeness (QED) is 0.751. The Morgan fingerprint density at radius 2 is 2.00 bits per heavy atom. The molecular weight excluding hydrogens is 191 g/mol. The van der Waals surface area contributed by atoms with Crippen molar-refractivity contribution in [2.45, 2.75) is 19.9 Å². The highest BCUT2D eigenvalue weighted by Crippen LogP contribution is 2.07. The maximum Gasteiger partial charge on any atom is 0.123 e. The second-order valence-electron chi connectivity index (χ2n) is 3.49. The third kappa shape index (κ3) is 2.24. The molecular formula is C12H13FN2. The largest absolute Gasteiger partial charge is 0.330 e. The van der Waals surface area contributed by atoms with Gasteiger partial charge in [0, 0.05) is 18.4 Å². The summed E-state index contributed by atoms with van der Waals surface area (Å²) in [7, 11) is 0. The molecule has 0 aliphatic carbocycles. The SMILES string of the molecule is CCc1cncn1Cc1ccc(F)cc1. The van der Waals surface area contributed by atoms with Crippen molar-refractivity contribution < 1.29 is 4.39 Å². The molecule has 0 saturated carbocycles. The molecule has 0 N–H and O–H groups in total. The first-order valence-corrected chi connectivity index (χ1v) is 5.03. The molecule has 3 heteroatoms. The van der Waals surface area contributed by atoms with E-state index < -0.39 is 0 Å². The molecule has 0 bridgehead atoms. The van der Waals surface area contributed by atoms with Gasteiger partial charge >= 0.3 is 0 Å². The van der Waals surface area contributed by atoms with Crippen LogP contribution in [-0.4, -0.2) is 9.55 Å². The number of aromatic nitrogens is 2. The van der Waals surface area contributed by atoms with Gasteiger partial charge < -0.3 is 4.57 Å². The summed E-state index contributed by atoms with van der Waals surface area (Å²) in [6, 6.07) is 6.57. The summed E-state index contributed by atoms with van der Waals surface area (Å²) in [6.07, 6.45) is 4.63. The topological polar surface area (TPSA) is 17.8 Å². The van der Waals surface area contributed by atoms with E-state index in [2.05, 4.69) is 16.5 Å². The average molecular weight is 204 g/mol. The summed E-state index contributed by atoms with van der Waals surface area (Å²) in [5.41, 5.74) is 2.28. The lowest BCUT2D eigenvalue weighted by molar-refractivity contribution is 0.626. The van der Waals surface area contributed by atoms with Crippen molar-refractivity contribution in [3.63, 3.8) is 0 Å². The Morgan fingerprint density at radius 3 is 2.67 bits per heavy atom. The summed E-state index contributed by atoms with van der Waals surface area (Å²) in [5, 5.41) is 0. The fourth-order valence-electron chi connectivity index (χ4n) is 1.57. The van der Waals surface area contributed by atoms with Crippen LogP contribution in [0.2, 0.25) is 0 Å². The molecule has 0 spiro atoms. The van der Waals surface area contributed by atoms with Crippen LogP contribution in [0, 0.1) is 5.82 Å². The lowest BCUT2D eigenvalue weighted by Crippen LogP contribution is -2.02. The highest BCUT2D eigenvalue weighted by Gasteiger charge is 2.00. The molecule has 78 valence electrons. The number of aryl methyl sites for hydroxylation is 1. The molecule has 0 amide bonds. The van der Waals surface area contributed by atoms with Crippen molar-refractivity contribution in [2.75, 3.05) is 0 Å². The van der Waals surface area contributed by atoms with Crippen molar-refractivity contribution >= 4 is 0 Å². The van der Waals surface area contributed by atoms with Crippen molar-refractivity contribution in [1.29, 1.82) is 0 Å². The number of halogens is 1. The molecule has 2 nitrogen and oxygen atoms in total. The van der Waals surface area contributed by atoms with Crippen LogP contribution in [-0.2, 0) is 13.0 Å². The number of benzene rings is 1. The van der Waals surface area contributed by atoms with E-state index in [1.54, 1.807) is 12.1 Å². The Hall–Kier alpha value is -1.64. The predicted molar refractivity (Wildman–Crippen MR) is 57.1 cm³/mol. The van der Waals surface area contributed by atoms with Crippen molar-refractivity contribution in [2.24, 2.45) is 0 Å². The van der Waals surface area contributed by atoms with Gasteiger partial charge in [0.15, 0.2) is 0 Å². The zero-order chi connectivity index (χ0) is 10.7. The second kappa shape index (κ2) is 4.26. The number of hydrogen-bond donors (Lipinski definition) is 0. The third-order valence-electron chi connectivity index (χ3n) is 2.43. The van der Waals surface area contributed by atoms with Gasteiger partial charge in [-0.2, -0.15) is 0 Å². The molecule has 0 atom stereocenters. The number of rotatable bonds is 3. The molecule has 0 aliphatic heterocycles. The predicted octanol–water partition coefficient (Wildman–Crippen LogP) is 2.63. The van der Waals surface area contributed by atoms with Gasteiger partial charge in [-0.05, 0) is 24.1 Å². The summed E-state index contributed by atoms with van der Waals surface area (Å²) in [4.78, 5) is 4.10. The summed E-state index contributed by atoms with van der Waals surface area (Å²) in [6.45, 7) is 2.85. The Morgan fingerprint density at radius 1 is 1.27 bits per heavy atom. The molecule has 2 rings (SSSR count). The number of hydrogen-bond acceptors (Lipinski definition) is 1. The molecule has 0 fully saturated rings. The van der Waals surface area contributed by atoms with E-state index in [1.807, 2.05) is 12.5 Å².